The molecule has 0 saturated carbocycles. The van der Waals surface area contributed by atoms with Gasteiger partial charge in [-0.25, -0.2) is 0 Å². The summed E-state index contributed by atoms with van der Waals surface area (Å²) in [6, 6.07) is 7.68. The Kier molecular flexibility index (Phi) is 4.00. The third-order valence-corrected chi connectivity index (χ3v) is 4.13. The number of hydrogen-bond donors (Lipinski definition) is 1. The zero-order valence-electron chi connectivity index (χ0n) is 10.9. The predicted molar refractivity (Wildman–Crippen MR) is 79.0 cm³/mol. The number of ether oxygens (including phenoxy) is 3. The quantitative estimate of drug-likeness (QED) is 0.918. The van der Waals surface area contributed by atoms with Crippen molar-refractivity contribution >= 4 is 22.9 Å². The third-order valence-electron chi connectivity index (χ3n) is 2.92. The monoisotopic (exact) mass is 311 g/mol. The Morgan fingerprint density at radius 1 is 1.30 bits per heavy atom. The molecular formula is C14H14ClNO3S. The van der Waals surface area contributed by atoms with Crippen LogP contribution >= 0.6 is 22.9 Å². The van der Waals surface area contributed by atoms with Gasteiger partial charge in [0, 0.05) is 23.1 Å². The molecule has 0 unspecified atom stereocenters. The molecular weight excluding hydrogens is 298 g/mol. The van der Waals surface area contributed by atoms with Crippen molar-refractivity contribution in [3.05, 3.63) is 39.0 Å². The number of halogens is 1. The minimum absolute atomic E-state index is 0.262. The molecule has 2 heterocycles. The van der Waals surface area contributed by atoms with Gasteiger partial charge in [-0.05, 0) is 25.2 Å². The van der Waals surface area contributed by atoms with E-state index in [-0.39, 0.29) is 6.79 Å². The largest absolute Gasteiger partial charge is 0.488 e. The van der Waals surface area contributed by atoms with E-state index in [2.05, 4.69) is 5.32 Å². The lowest BCUT2D eigenvalue weighted by Crippen LogP contribution is -2.07. The number of hydrogen-bond acceptors (Lipinski definition) is 5. The van der Waals surface area contributed by atoms with Gasteiger partial charge in [0.15, 0.2) is 11.5 Å². The number of benzene rings is 1. The summed E-state index contributed by atoms with van der Waals surface area (Å²) in [5.74, 6) is 2.29. The van der Waals surface area contributed by atoms with Gasteiger partial charge in [-0.2, -0.15) is 0 Å². The second-order valence-electron chi connectivity index (χ2n) is 4.34. The second kappa shape index (κ2) is 5.91. The molecule has 20 heavy (non-hydrogen) atoms. The minimum Gasteiger partial charge on any atom is -0.488 e. The molecule has 3 rings (SSSR count). The summed E-state index contributed by atoms with van der Waals surface area (Å²) in [7, 11) is 1.90. The van der Waals surface area contributed by atoms with Gasteiger partial charge in [0.05, 0.1) is 4.34 Å². The summed E-state index contributed by atoms with van der Waals surface area (Å²) in [5, 5.41) is 3.12. The topological polar surface area (TPSA) is 39.7 Å². The van der Waals surface area contributed by atoms with Crippen molar-refractivity contribution in [1.29, 1.82) is 0 Å². The molecule has 2 aromatic rings. The highest BCUT2D eigenvalue weighted by molar-refractivity contribution is 7.16. The van der Waals surface area contributed by atoms with E-state index in [1.54, 1.807) is 0 Å². The lowest BCUT2D eigenvalue weighted by Gasteiger charge is -2.12. The van der Waals surface area contributed by atoms with Crippen LogP contribution < -0.4 is 19.5 Å². The van der Waals surface area contributed by atoms with E-state index in [9.17, 15) is 0 Å². The maximum Gasteiger partial charge on any atom is 0.231 e. The van der Waals surface area contributed by atoms with E-state index in [1.807, 2.05) is 31.3 Å². The average Bonchev–Trinajstić information content (AvgIpc) is 3.04. The van der Waals surface area contributed by atoms with Crippen molar-refractivity contribution in [1.82, 2.24) is 5.32 Å². The van der Waals surface area contributed by atoms with Gasteiger partial charge in [-0.1, -0.05) is 11.6 Å². The molecule has 1 aromatic carbocycles. The van der Waals surface area contributed by atoms with E-state index in [1.165, 1.54) is 11.3 Å². The molecule has 0 bridgehead atoms. The number of thiophene rings is 1. The van der Waals surface area contributed by atoms with Crippen LogP contribution in [0.4, 0.5) is 0 Å². The number of nitrogens with one attached hydrogen (secondary N) is 1. The molecule has 106 valence electrons. The van der Waals surface area contributed by atoms with Crippen LogP contribution in [0, 0.1) is 0 Å². The maximum absolute atomic E-state index is 5.92. The predicted octanol–water partition coefficient (Wildman–Crippen LogP) is 3.43. The first-order chi connectivity index (χ1) is 9.76. The summed E-state index contributed by atoms with van der Waals surface area (Å²) in [4.78, 5) is 1.09. The Morgan fingerprint density at radius 2 is 2.10 bits per heavy atom. The zero-order chi connectivity index (χ0) is 13.9. The van der Waals surface area contributed by atoms with Crippen molar-refractivity contribution in [2.75, 3.05) is 13.8 Å². The van der Waals surface area contributed by atoms with Gasteiger partial charge >= 0.3 is 0 Å². The van der Waals surface area contributed by atoms with Gasteiger partial charge in [-0.15, -0.1) is 11.3 Å². The fourth-order valence-corrected chi connectivity index (χ4v) is 3.01. The van der Waals surface area contributed by atoms with Crippen molar-refractivity contribution in [3.8, 4) is 17.2 Å². The molecule has 1 aliphatic rings. The Bertz CT molecular complexity index is 614. The summed E-state index contributed by atoms with van der Waals surface area (Å²) >= 11 is 7.44. The Morgan fingerprint density at radius 3 is 2.80 bits per heavy atom. The average molecular weight is 312 g/mol. The maximum atomic E-state index is 5.92. The highest BCUT2D eigenvalue weighted by Crippen LogP contribution is 2.38. The highest BCUT2D eigenvalue weighted by atomic mass is 35.5. The van der Waals surface area contributed by atoms with E-state index in [4.69, 9.17) is 25.8 Å². The van der Waals surface area contributed by atoms with E-state index < -0.39 is 0 Å². The molecule has 0 fully saturated rings. The minimum atomic E-state index is 0.262. The molecule has 0 spiro atoms. The Balaban J connectivity index is 1.80. The van der Waals surface area contributed by atoms with Gasteiger partial charge in [-0.3, -0.25) is 0 Å². The molecule has 0 saturated heterocycles. The fraction of sp³-hybridized carbons (Fsp3) is 0.286. The van der Waals surface area contributed by atoms with Crippen LogP contribution in [0.3, 0.4) is 0 Å². The van der Waals surface area contributed by atoms with Crippen molar-refractivity contribution in [3.63, 3.8) is 0 Å². The highest BCUT2D eigenvalue weighted by Gasteiger charge is 2.18. The van der Waals surface area contributed by atoms with E-state index in [0.29, 0.717) is 13.2 Å². The summed E-state index contributed by atoms with van der Waals surface area (Å²) in [6.07, 6.45) is 0. The Labute approximate surface area is 126 Å². The molecule has 0 atom stereocenters. The summed E-state index contributed by atoms with van der Waals surface area (Å²) in [5.41, 5.74) is 1.04. The van der Waals surface area contributed by atoms with Crippen LogP contribution in [-0.4, -0.2) is 13.8 Å². The van der Waals surface area contributed by atoms with Crippen molar-refractivity contribution < 1.29 is 14.2 Å². The SMILES string of the molecule is CNCc1cc2c(cc1OCc1ccc(Cl)s1)OCO2. The van der Waals surface area contributed by atoms with Gasteiger partial charge in [0.2, 0.25) is 6.79 Å². The van der Waals surface area contributed by atoms with Crippen LogP contribution in [0.5, 0.6) is 17.2 Å². The lowest BCUT2D eigenvalue weighted by atomic mass is 10.1. The first-order valence-electron chi connectivity index (χ1n) is 6.20. The van der Waals surface area contributed by atoms with Crippen LogP contribution in [0.1, 0.15) is 10.4 Å². The van der Waals surface area contributed by atoms with Crippen LogP contribution in [-0.2, 0) is 13.2 Å². The second-order valence-corrected chi connectivity index (χ2v) is 6.14. The molecule has 1 N–H and O–H groups in total. The van der Waals surface area contributed by atoms with E-state index in [0.717, 1.165) is 32.0 Å². The first kappa shape index (κ1) is 13.5. The summed E-state index contributed by atoms with van der Waals surface area (Å²) < 4.78 is 17.4. The molecule has 4 nitrogen and oxygen atoms in total. The number of fused-ring (bicyclic) bond motifs is 1. The van der Waals surface area contributed by atoms with E-state index >= 15 is 0 Å². The molecule has 1 aliphatic heterocycles. The van der Waals surface area contributed by atoms with Crippen molar-refractivity contribution in [2.24, 2.45) is 0 Å². The molecule has 0 amide bonds. The molecule has 1 aromatic heterocycles. The van der Waals surface area contributed by atoms with Gasteiger partial charge in [0.1, 0.15) is 12.4 Å². The zero-order valence-corrected chi connectivity index (χ0v) is 12.5. The van der Waals surface area contributed by atoms with Crippen LogP contribution in [0.25, 0.3) is 0 Å². The smallest absolute Gasteiger partial charge is 0.231 e. The fourth-order valence-electron chi connectivity index (χ4n) is 2.01. The van der Waals surface area contributed by atoms with Crippen molar-refractivity contribution in [2.45, 2.75) is 13.2 Å². The standard InChI is InChI=1S/C14H14ClNO3S/c1-16-6-9-4-12-13(19-8-18-12)5-11(9)17-7-10-2-3-14(15)20-10/h2-5,16H,6-8H2,1H3. The summed E-state index contributed by atoms with van der Waals surface area (Å²) in [6.45, 7) is 1.46. The lowest BCUT2D eigenvalue weighted by molar-refractivity contribution is 0.173. The first-order valence-corrected chi connectivity index (χ1v) is 7.40. The molecule has 0 aliphatic carbocycles. The third kappa shape index (κ3) is 2.85. The molecule has 6 heteroatoms. The number of rotatable bonds is 5. The van der Waals surface area contributed by atoms with Gasteiger partial charge < -0.3 is 19.5 Å². The Hall–Kier alpha value is -1.43. The van der Waals surface area contributed by atoms with Crippen LogP contribution in [0.2, 0.25) is 4.34 Å². The molecule has 0 radical (unpaired) electrons. The normalized spacial score (nSPS) is 12.7. The van der Waals surface area contributed by atoms with Crippen LogP contribution in [0.15, 0.2) is 24.3 Å². The van der Waals surface area contributed by atoms with Gasteiger partial charge in [0.25, 0.3) is 0 Å².